The molecule has 2 aliphatic rings. The predicted octanol–water partition coefficient (Wildman–Crippen LogP) is 22.4. The van der Waals surface area contributed by atoms with Gasteiger partial charge in [0, 0.05) is 6.42 Å². The van der Waals surface area contributed by atoms with Crippen LogP contribution in [0.15, 0.2) is 212 Å². The molecule has 0 spiro atoms. The largest absolute Gasteiger partial charge is 0.475 e. The molecule has 20 heteroatoms. The lowest BCUT2D eigenvalue weighted by molar-refractivity contribution is -0.309. The lowest BCUT2D eigenvalue weighted by Gasteiger charge is -2.48. The number of ether oxygens (including phenoxy) is 9. The number of carbonyl (C=O) groups is 3. The first-order valence-corrected chi connectivity index (χ1v) is 47.2. The smallest absolute Gasteiger partial charge is 0.462 e. The van der Waals surface area contributed by atoms with Crippen molar-refractivity contribution in [1.29, 1.82) is 0 Å². The monoisotopic (exact) mass is 1680 g/mol. The number of phosphoric ester groups is 1. The number of esters is 1. The van der Waals surface area contributed by atoms with E-state index >= 15 is 9.36 Å². The van der Waals surface area contributed by atoms with Gasteiger partial charge in [0.25, 0.3) is 0 Å². The molecule has 0 radical (unpaired) electrons. The van der Waals surface area contributed by atoms with Crippen LogP contribution in [0.1, 0.15) is 265 Å². The van der Waals surface area contributed by atoms with E-state index in [9.17, 15) is 14.7 Å². The Morgan fingerprint density at radius 1 is 0.364 bits per heavy atom. The van der Waals surface area contributed by atoms with E-state index in [1.807, 2.05) is 212 Å². The highest BCUT2D eigenvalue weighted by atomic mass is 31.2. The fraction of sp³-hybridized carbons (Fsp3) is 0.554. The normalized spacial score (nSPS) is 19.7. The number of carbonyl (C=O) groups excluding carboxylic acids is 3. The van der Waals surface area contributed by atoms with E-state index in [0.29, 0.717) is 37.0 Å². The highest BCUT2D eigenvalue weighted by Crippen LogP contribution is 2.54. The molecular weight excluding hydrogens is 1540 g/mol. The maximum absolute atomic E-state index is 16.1. The molecule has 0 aliphatic carbocycles. The summed E-state index contributed by atoms with van der Waals surface area (Å²) in [6.07, 6.45) is 19.1. The molecule has 0 aromatic heterocycles. The molecule has 0 unspecified atom stereocenters. The molecule has 2 aliphatic heterocycles. The van der Waals surface area contributed by atoms with Crippen LogP contribution in [0.2, 0.25) is 0 Å². The number of amides is 2. The molecule has 12 atom stereocenters. The third-order valence-electron chi connectivity index (χ3n) is 22.6. The summed E-state index contributed by atoms with van der Waals surface area (Å²) < 4.78 is 98.3. The fourth-order valence-corrected chi connectivity index (χ4v) is 17.0. The number of rotatable bonds is 64. The van der Waals surface area contributed by atoms with E-state index in [4.69, 9.17) is 56.2 Å². The number of nitrogens with one attached hydrogen (secondary N) is 2. The molecule has 662 valence electrons. The number of unbranched alkanes of at least 4 members (excludes halogenated alkanes) is 24. The Morgan fingerprint density at radius 3 is 1.13 bits per heavy atom. The Labute approximate surface area is 723 Å². The predicted molar refractivity (Wildman–Crippen MR) is 475 cm³/mol. The minimum Gasteiger partial charge on any atom is -0.462 e. The van der Waals surface area contributed by atoms with E-state index in [-0.39, 0.29) is 77.4 Å². The lowest BCUT2D eigenvalue weighted by Crippen LogP contribution is -2.67. The lowest BCUT2D eigenvalue weighted by atomic mass is 9.94. The van der Waals surface area contributed by atoms with Crippen LogP contribution in [-0.2, 0) is 121 Å². The van der Waals surface area contributed by atoms with Crippen molar-refractivity contribution in [1.82, 2.24) is 10.6 Å². The van der Waals surface area contributed by atoms with Gasteiger partial charge in [-0.05, 0) is 64.6 Å². The number of benzene rings is 7. The van der Waals surface area contributed by atoms with E-state index in [1.54, 1.807) is 0 Å². The van der Waals surface area contributed by atoms with Gasteiger partial charge < -0.3 is 58.4 Å². The summed E-state index contributed by atoms with van der Waals surface area (Å²) in [5.74, 6) is -1.25. The number of aliphatic hydroxyl groups excluding tert-OH is 1. The molecule has 2 saturated heterocycles. The summed E-state index contributed by atoms with van der Waals surface area (Å²) in [5.41, 5.74) is 5.65. The summed E-state index contributed by atoms with van der Waals surface area (Å²) in [6.45, 7) is 6.21. The fourth-order valence-electron chi connectivity index (χ4n) is 15.7. The van der Waals surface area contributed by atoms with E-state index < -0.39 is 93.8 Å². The first kappa shape index (κ1) is 97.5. The zero-order valence-corrected chi connectivity index (χ0v) is 73.4. The summed E-state index contributed by atoms with van der Waals surface area (Å²) in [5, 5.41) is 19.3. The van der Waals surface area contributed by atoms with Crippen molar-refractivity contribution in [3.63, 3.8) is 0 Å². The molecule has 121 heavy (non-hydrogen) atoms. The van der Waals surface area contributed by atoms with Crippen molar-refractivity contribution in [2.45, 2.75) is 346 Å². The second kappa shape index (κ2) is 58.8. The van der Waals surface area contributed by atoms with Crippen LogP contribution in [0, 0.1) is 0 Å². The molecule has 0 saturated carbocycles. The molecule has 2 fully saturated rings. The SMILES string of the molecule is CCCCCCCCCCCC(=O)O[C@H](CCCCCCCCCCC)CC(=O)N[C@@H]1[C@H](OC[C@H]2O[C@H](O)[C@@H](NC(=O)C[C@@H](CCCCCCCCCCC)OCc3ccccc3)[C@@H](OCc3ccccc3)[C@@H]2OCc2ccccc2)O[C@H](COCc2ccccc2)[C@@H](OP(=O)(OCc2ccccc2)OCc2ccccc2)[C@@H]1OCc1ccccc1. The molecule has 7 aromatic carbocycles. The second-order valence-corrected chi connectivity index (χ2v) is 34.3. The zero-order chi connectivity index (χ0) is 84.8. The second-order valence-electron chi connectivity index (χ2n) is 32.7. The number of aliphatic hydroxyl groups is 1. The molecule has 19 nitrogen and oxygen atoms in total. The molecule has 9 rings (SSSR count). The molecule has 2 heterocycles. The van der Waals surface area contributed by atoms with Crippen molar-refractivity contribution < 1.29 is 80.3 Å². The van der Waals surface area contributed by atoms with E-state index in [2.05, 4.69) is 31.4 Å². The van der Waals surface area contributed by atoms with Crippen LogP contribution in [0.5, 0.6) is 0 Å². The topological polar surface area (TPSA) is 223 Å². The van der Waals surface area contributed by atoms with Gasteiger partial charge in [-0.1, -0.05) is 394 Å². The van der Waals surface area contributed by atoms with Crippen LogP contribution in [0.4, 0.5) is 0 Å². The first-order chi connectivity index (χ1) is 59.4. The minimum absolute atomic E-state index is 0.00329. The molecular formula is C101H141N2O17P. The maximum atomic E-state index is 16.1. The quantitative estimate of drug-likeness (QED) is 0.0183. The zero-order valence-electron chi connectivity index (χ0n) is 72.6. The number of phosphoric acid groups is 1. The van der Waals surface area contributed by atoms with Gasteiger partial charge in [0.05, 0.1) is 78.4 Å². The van der Waals surface area contributed by atoms with Gasteiger partial charge in [-0.2, -0.15) is 0 Å². The third-order valence-corrected chi connectivity index (χ3v) is 23.9. The Morgan fingerprint density at radius 2 is 0.702 bits per heavy atom. The van der Waals surface area contributed by atoms with Gasteiger partial charge in [-0.3, -0.25) is 28.0 Å². The number of hydrogen-bond acceptors (Lipinski definition) is 17. The van der Waals surface area contributed by atoms with Crippen molar-refractivity contribution >= 4 is 25.6 Å². The van der Waals surface area contributed by atoms with Crippen molar-refractivity contribution in [3.8, 4) is 0 Å². The van der Waals surface area contributed by atoms with Crippen molar-refractivity contribution in [2.24, 2.45) is 0 Å². The van der Waals surface area contributed by atoms with Gasteiger partial charge in [-0.15, -0.1) is 0 Å². The third kappa shape index (κ3) is 38.4. The van der Waals surface area contributed by atoms with Gasteiger partial charge >= 0.3 is 13.8 Å². The highest BCUT2D eigenvalue weighted by molar-refractivity contribution is 7.48. The van der Waals surface area contributed by atoms with Crippen LogP contribution < -0.4 is 10.6 Å². The van der Waals surface area contributed by atoms with Crippen LogP contribution in [-0.4, -0.2) is 110 Å². The van der Waals surface area contributed by atoms with Crippen LogP contribution in [0.25, 0.3) is 0 Å². The maximum Gasteiger partial charge on any atom is 0.475 e. The molecule has 3 N–H and O–H groups in total. The standard InChI is InChI=1S/C101H141N2O17P/c1-4-7-10-13-16-19-22-25-49-66-87(110-72-81-54-37-29-38-55-81)69-91(104)102-94-98(112-74-83-58-41-31-42-59-83)96(111-73-82-56-39-30-40-57-82)90(118-100(94)107)79-114-101-95(103-92(105)70-88(67-50-26-23-20-17-14-11-8-5-2)117-93(106)68-51-27-24-21-18-15-12-9-6-3)99(113-75-84-60-43-32-44-61-84)97(89(119-101)78-109-71-80-52-35-28-36-53-80)120-121(108,115-76-85-62-45-33-46-63-85)116-77-86-64-47-34-48-65-86/h28-48,52-65,87-90,94-101,107H,4-27,49-51,66-79H2,1-3H3,(H,102,104)(H,103,105)/t87-,88-,89-,90-,94+,95+,96-,97-,98-,99-,100+,101-/m1/s1. The van der Waals surface area contributed by atoms with Gasteiger partial charge in [-0.25, -0.2) is 4.57 Å². The molecule has 7 aromatic rings. The van der Waals surface area contributed by atoms with Gasteiger partial charge in [0.15, 0.2) is 12.6 Å². The van der Waals surface area contributed by atoms with Crippen LogP contribution >= 0.6 is 7.82 Å². The Balaban J connectivity index is 1.08. The van der Waals surface area contributed by atoms with Crippen molar-refractivity contribution in [2.75, 3.05) is 13.2 Å². The van der Waals surface area contributed by atoms with Gasteiger partial charge in [0.1, 0.15) is 54.8 Å². The first-order valence-electron chi connectivity index (χ1n) is 45.7. The van der Waals surface area contributed by atoms with E-state index in [0.717, 1.165) is 98.4 Å². The highest BCUT2D eigenvalue weighted by Gasteiger charge is 2.54. The summed E-state index contributed by atoms with van der Waals surface area (Å²) in [4.78, 5) is 44.9. The molecule has 2 amide bonds. The van der Waals surface area contributed by atoms with E-state index in [1.165, 1.54) is 96.3 Å². The van der Waals surface area contributed by atoms with Gasteiger partial charge in [0.2, 0.25) is 11.8 Å². The van der Waals surface area contributed by atoms with Crippen molar-refractivity contribution in [3.05, 3.63) is 251 Å². The Hall–Kier alpha value is -7.30. The molecule has 0 bridgehead atoms. The average molecular weight is 1690 g/mol. The average Bonchev–Trinajstić information content (AvgIpc) is 0.775. The summed E-state index contributed by atoms with van der Waals surface area (Å²) in [7, 11) is -4.77. The Kier molecular flexibility index (Phi) is 47.3. The van der Waals surface area contributed by atoms with Crippen LogP contribution in [0.3, 0.4) is 0 Å². The number of hydrogen-bond donors (Lipinski definition) is 3. The summed E-state index contributed by atoms with van der Waals surface area (Å²) in [6, 6.07) is 64.5. The summed E-state index contributed by atoms with van der Waals surface area (Å²) >= 11 is 0. The minimum atomic E-state index is -4.77. The Bertz CT molecular complexity index is 3820.